The first-order valence-corrected chi connectivity index (χ1v) is 9.29. The fourth-order valence-corrected chi connectivity index (χ4v) is 3.16. The van der Waals surface area contributed by atoms with Gasteiger partial charge in [0.1, 0.15) is 12.1 Å². The summed E-state index contributed by atoms with van der Waals surface area (Å²) in [6.45, 7) is 7.43. The fraction of sp³-hybridized carbons (Fsp3) is 0.350. The van der Waals surface area contributed by atoms with E-state index in [1.54, 1.807) is 4.52 Å². The van der Waals surface area contributed by atoms with Crippen LogP contribution in [0.1, 0.15) is 34.5 Å². The summed E-state index contributed by atoms with van der Waals surface area (Å²) in [5.41, 5.74) is 9.32. The smallest absolute Gasteiger partial charge is 0.276 e. The van der Waals surface area contributed by atoms with Crippen LogP contribution in [0.25, 0.3) is 5.78 Å². The number of aromatic nitrogens is 4. The maximum absolute atomic E-state index is 12.1. The molecule has 0 unspecified atom stereocenters. The first-order chi connectivity index (χ1) is 13.9. The quantitative estimate of drug-likeness (QED) is 0.611. The number of amides is 2. The van der Waals surface area contributed by atoms with Crippen molar-refractivity contribution in [3.8, 4) is 5.75 Å². The highest BCUT2D eigenvalue weighted by Crippen LogP contribution is 2.22. The topological polar surface area (TPSA) is 111 Å². The van der Waals surface area contributed by atoms with Crippen LogP contribution in [-0.2, 0) is 16.0 Å². The first-order valence-electron chi connectivity index (χ1n) is 9.29. The van der Waals surface area contributed by atoms with Crippen LogP contribution in [0.4, 0.5) is 0 Å². The van der Waals surface area contributed by atoms with Crippen LogP contribution in [0, 0.1) is 27.7 Å². The molecule has 1 aromatic carbocycles. The minimum Gasteiger partial charge on any atom is -0.483 e. The molecule has 0 radical (unpaired) electrons. The fourth-order valence-electron chi connectivity index (χ4n) is 3.16. The van der Waals surface area contributed by atoms with Crippen molar-refractivity contribution in [3.63, 3.8) is 0 Å². The van der Waals surface area contributed by atoms with Gasteiger partial charge in [-0.3, -0.25) is 20.4 Å². The van der Waals surface area contributed by atoms with E-state index in [1.165, 1.54) is 6.33 Å². The number of carbonyl (C=O) groups is 2. The number of fused-ring (bicyclic) bond motifs is 1. The number of carbonyl (C=O) groups excluding carboxylic acids is 2. The van der Waals surface area contributed by atoms with Crippen LogP contribution in [0.2, 0.25) is 0 Å². The van der Waals surface area contributed by atoms with Crippen LogP contribution in [0.5, 0.6) is 5.75 Å². The molecule has 2 aromatic heterocycles. The van der Waals surface area contributed by atoms with Crippen LogP contribution >= 0.6 is 0 Å². The molecule has 0 atom stereocenters. The summed E-state index contributed by atoms with van der Waals surface area (Å²) in [6.07, 6.45) is 2.12. The Labute approximate surface area is 168 Å². The first kappa shape index (κ1) is 20.2. The Balaban J connectivity index is 1.48. The van der Waals surface area contributed by atoms with Gasteiger partial charge in [0, 0.05) is 17.8 Å². The molecule has 0 bridgehead atoms. The summed E-state index contributed by atoms with van der Waals surface area (Å²) < 4.78 is 7.21. The Morgan fingerprint density at radius 3 is 2.48 bits per heavy atom. The molecule has 0 saturated carbocycles. The van der Waals surface area contributed by atoms with Gasteiger partial charge >= 0.3 is 0 Å². The molecule has 3 aromatic rings. The molecule has 0 aliphatic heterocycles. The predicted octanol–water partition coefficient (Wildman–Crippen LogP) is 1.52. The van der Waals surface area contributed by atoms with Crippen molar-refractivity contribution in [1.29, 1.82) is 0 Å². The van der Waals surface area contributed by atoms with Gasteiger partial charge in [-0.15, -0.1) is 0 Å². The van der Waals surface area contributed by atoms with E-state index in [2.05, 4.69) is 25.9 Å². The molecule has 0 aliphatic rings. The van der Waals surface area contributed by atoms with E-state index >= 15 is 0 Å². The van der Waals surface area contributed by atoms with Gasteiger partial charge < -0.3 is 4.74 Å². The highest BCUT2D eigenvalue weighted by molar-refractivity contribution is 5.82. The lowest BCUT2D eigenvalue weighted by molar-refractivity contribution is -0.130. The summed E-state index contributed by atoms with van der Waals surface area (Å²) in [4.78, 5) is 32.5. The van der Waals surface area contributed by atoms with E-state index in [0.29, 0.717) is 17.9 Å². The molecular weight excluding hydrogens is 372 g/mol. The van der Waals surface area contributed by atoms with Crippen LogP contribution < -0.4 is 15.6 Å². The van der Waals surface area contributed by atoms with Crippen molar-refractivity contribution >= 4 is 17.6 Å². The summed E-state index contributed by atoms with van der Waals surface area (Å²) in [5.74, 6) is 0.474. The van der Waals surface area contributed by atoms with Crippen LogP contribution in [-0.4, -0.2) is 38.0 Å². The molecule has 9 nitrogen and oxygen atoms in total. The summed E-state index contributed by atoms with van der Waals surface area (Å²) in [6, 6.07) is 5.76. The lowest BCUT2D eigenvalue weighted by Crippen LogP contribution is -2.44. The number of hydrogen-bond acceptors (Lipinski definition) is 6. The number of benzene rings is 1. The third-order valence-electron chi connectivity index (χ3n) is 4.69. The van der Waals surface area contributed by atoms with E-state index in [-0.39, 0.29) is 18.9 Å². The molecule has 0 fully saturated rings. The van der Waals surface area contributed by atoms with Crippen LogP contribution in [0.15, 0.2) is 24.5 Å². The Bertz CT molecular complexity index is 1040. The Morgan fingerprint density at radius 2 is 1.76 bits per heavy atom. The number of rotatable bonds is 6. The zero-order chi connectivity index (χ0) is 21.0. The van der Waals surface area contributed by atoms with E-state index in [4.69, 9.17) is 4.74 Å². The number of nitrogens with one attached hydrogen (secondary N) is 2. The molecule has 0 spiro atoms. The largest absolute Gasteiger partial charge is 0.483 e. The van der Waals surface area contributed by atoms with Crippen molar-refractivity contribution in [2.45, 2.75) is 40.5 Å². The van der Waals surface area contributed by atoms with Gasteiger partial charge in [-0.1, -0.05) is 18.2 Å². The van der Waals surface area contributed by atoms with Crippen molar-refractivity contribution in [2.75, 3.05) is 6.61 Å². The monoisotopic (exact) mass is 396 g/mol. The SMILES string of the molecule is Cc1cccc(C)c1OCC(=O)NNC(=O)CCc1c(C)nc2ncnn2c1C. The lowest BCUT2D eigenvalue weighted by atomic mass is 10.1. The van der Waals surface area contributed by atoms with Crippen molar-refractivity contribution in [3.05, 3.63) is 52.6 Å². The molecule has 3 rings (SSSR count). The van der Waals surface area contributed by atoms with E-state index in [9.17, 15) is 9.59 Å². The number of hydrogen-bond donors (Lipinski definition) is 2. The minimum absolute atomic E-state index is 0.183. The maximum Gasteiger partial charge on any atom is 0.276 e. The van der Waals surface area contributed by atoms with Crippen molar-refractivity contribution in [1.82, 2.24) is 30.4 Å². The van der Waals surface area contributed by atoms with Crippen molar-refractivity contribution in [2.24, 2.45) is 0 Å². The van der Waals surface area contributed by atoms with E-state index in [0.717, 1.165) is 28.1 Å². The standard InChI is InChI=1S/C20H24N6O3/c1-12-6-5-7-13(2)19(12)29-10-18(28)25-24-17(27)9-8-16-14(3)23-20-21-11-22-26(20)15(16)4/h5-7,11H,8-10H2,1-4H3,(H,24,27)(H,25,28). The zero-order valence-electron chi connectivity index (χ0n) is 16.9. The van der Waals surface area contributed by atoms with E-state index < -0.39 is 5.91 Å². The highest BCUT2D eigenvalue weighted by atomic mass is 16.5. The summed E-state index contributed by atoms with van der Waals surface area (Å²) >= 11 is 0. The van der Waals surface area contributed by atoms with Crippen molar-refractivity contribution < 1.29 is 14.3 Å². The average Bonchev–Trinajstić information content (AvgIpc) is 3.14. The number of nitrogens with zero attached hydrogens (tertiary/aromatic N) is 4. The molecule has 0 saturated heterocycles. The molecule has 2 amide bonds. The second kappa shape index (κ2) is 8.68. The highest BCUT2D eigenvalue weighted by Gasteiger charge is 2.13. The zero-order valence-corrected chi connectivity index (χ0v) is 16.9. The molecule has 9 heteroatoms. The molecule has 29 heavy (non-hydrogen) atoms. The summed E-state index contributed by atoms with van der Waals surface area (Å²) in [5, 5.41) is 4.14. The number of hydrazine groups is 1. The Hall–Kier alpha value is -3.49. The van der Waals surface area contributed by atoms with Gasteiger partial charge in [0.2, 0.25) is 5.91 Å². The number of ether oxygens (including phenoxy) is 1. The third kappa shape index (κ3) is 4.68. The second-order valence-corrected chi connectivity index (χ2v) is 6.84. The summed E-state index contributed by atoms with van der Waals surface area (Å²) in [7, 11) is 0. The Morgan fingerprint density at radius 1 is 1.07 bits per heavy atom. The predicted molar refractivity (Wildman–Crippen MR) is 106 cm³/mol. The van der Waals surface area contributed by atoms with E-state index in [1.807, 2.05) is 45.9 Å². The minimum atomic E-state index is -0.431. The normalized spacial score (nSPS) is 10.8. The van der Waals surface area contributed by atoms with Gasteiger partial charge in [0.05, 0.1) is 0 Å². The van der Waals surface area contributed by atoms with Gasteiger partial charge in [-0.05, 0) is 50.8 Å². The van der Waals surface area contributed by atoms with Gasteiger partial charge in [-0.2, -0.15) is 10.1 Å². The van der Waals surface area contributed by atoms with Gasteiger partial charge in [0.15, 0.2) is 6.61 Å². The third-order valence-corrected chi connectivity index (χ3v) is 4.69. The van der Waals surface area contributed by atoms with Crippen LogP contribution in [0.3, 0.4) is 0 Å². The number of aryl methyl sites for hydroxylation is 4. The number of para-hydroxylation sites is 1. The molecule has 152 valence electrons. The second-order valence-electron chi connectivity index (χ2n) is 6.84. The molecular formula is C20H24N6O3. The van der Waals surface area contributed by atoms with Gasteiger partial charge in [-0.25, -0.2) is 9.50 Å². The average molecular weight is 396 g/mol. The maximum atomic E-state index is 12.1. The molecule has 2 N–H and O–H groups in total. The van der Waals surface area contributed by atoms with Gasteiger partial charge in [0.25, 0.3) is 11.7 Å². The molecule has 2 heterocycles. The Kier molecular flexibility index (Phi) is 6.06. The lowest BCUT2D eigenvalue weighted by Gasteiger charge is -2.13. The molecule has 0 aliphatic carbocycles.